The topological polar surface area (TPSA) is 131 Å². The molecule has 1 aliphatic heterocycles. The Morgan fingerprint density at radius 1 is 1.02 bits per heavy atom. The van der Waals surface area contributed by atoms with E-state index >= 15 is 0 Å². The third-order valence-electron chi connectivity index (χ3n) is 6.35. The van der Waals surface area contributed by atoms with Gasteiger partial charge >= 0.3 is 6.09 Å². The highest BCUT2D eigenvalue weighted by Gasteiger charge is 2.28. The summed E-state index contributed by atoms with van der Waals surface area (Å²) in [6.07, 6.45) is 4.34. The molecule has 0 aliphatic carbocycles. The molecule has 0 saturated carbocycles. The predicted molar refractivity (Wildman–Crippen MR) is 152 cm³/mol. The first-order valence-electron chi connectivity index (χ1n) is 13.6. The Kier molecular flexibility index (Phi) is 10.5. The lowest BCUT2D eigenvalue weighted by molar-refractivity contribution is -0.132. The van der Waals surface area contributed by atoms with Crippen molar-refractivity contribution < 1.29 is 23.9 Å². The van der Waals surface area contributed by atoms with Crippen molar-refractivity contribution in [3.8, 4) is 11.5 Å². The predicted octanol–water partition coefficient (Wildman–Crippen LogP) is 4.45. The third-order valence-corrected chi connectivity index (χ3v) is 6.35. The van der Waals surface area contributed by atoms with Gasteiger partial charge in [0.25, 0.3) is 0 Å². The molecule has 3 aromatic rings. The van der Waals surface area contributed by atoms with E-state index in [0.717, 1.165) is 42.9 Å². The summed E-state index contributed by atoms with van der Waals surface area (Å²) in [5, 5.41) is 11.3. The standard InChI is InChI=1S/C30H35N5O5/c1-2-3-19-39-30(38)34-26(29(37)35-28(36)25-7-6-18-31-25)20-21-9-13-23(14-10-21)40-24-15-11-22(12-16-24)33-27-8-4-5-17-32-27/h4-5,8-17,25-26,31H,2-3,6-7,18-20H2,1H3,(H,32,33)(H,34,38)(H,35,36,37)/t25-,26-/m0/s1. The van der Waals surface area contributed by atoms with Gasteiger partial charge in [-0.1, -0.05) is 31.5 Å². The molecule has 2 heterocycles. The van der Waals surface area contributed by atoms with Crippen LogP contribution in [0.15, 0.2) is 72.9 Å². The number of nitrogens with zero attached hydrogens (tertiary/aromatic N) is 1. The van der Waals surface area contributed by atoms with Crippen molar-refractivity contribution in [1.82, 2.24) is 20.9 Å². The number of nitrogens with one attached hydrogen (secondary N) is 4. The highest BCUT2D eigenvalue weighted by molar-refractivity contribution is 6.01. The second kappa shape index (κ2) is 14.6. The number of benzene rings is 2. The molecular formula is C30H35N5O5. The normalized spacial score (nSPS) is 15.1. The molecule has 0 bridgehead atoms. The molecule has 10 heteroatoms. The Morgan fingerprint density at radius 3 is 2.42 bits per heavy atom. The van der Waals surface area contributed by atoms with Crippen molar-refractivity contribution in [2.75, 3.05) is 18.5 Å². The molecule has 10 nitrogen and oxygen atoms in total. The number of hydrogen-bond acceptors (Lipinski definition) is 8. The van der Waals surface area contributed by atoms with Crippen LogP contribution in [-0.4, -0.2) is 48.1 Å². The minimum Gasteiger partial charge on any atom is -0.457 e. The Labute approximate surface area is 233 Å². The van der Waals surface area contributed by atoms with Crippen molar-refractivity contribution in [3.05, 3.63) is 78.5 Å². The lowest BCUT2D eigenvalue weighted by Gasteiger charge is -2.19. The highest BCUT2D eigenvalue weighted by atomic mass is 16.5. The first kappa shape index (κ1) is 28.6. The molecule has 1 aromatic heterocycles. The zero-order valence-electron chi connectivity index (χ0n) is 22.5. The van der Waals surface area contributed by atoms with Crippen molar-refractivity contribution in [3.63, 3.8) is 0 Å². The molecule has 1 saturated heterocycles. The Balaban J connectivity index is 1.35. The van der Waals surface area contributed by atoms with Crippen molar-refractivity contribution in [2.45, 2.75) is 51.1 Å². The Morgan fingerprint density at radius 2 is 1.77 bits per heavy atom. The largest absolute Gasteiger partial charge is 0.457 e. The average molecular weight is 546 g/mol. The highest BCUT2D eigenvalue weighted by Crippen LogP contribution is 2.25. The molecule has 1 fully saturated rings. The minimum atomic E-state index is -0.981. The van der Waals surface area contributed by atoms with Gasteiger partial charge in [-0.05, 0) is 79.9 Å². The summed E-state index contributed by atoms with van der Waals surface area (Å²) in [7, 11) is 0. The number of unbranched alkanes of at least 4 members (excludes halogenated alkanes) is 1. The first-order chi connectivity index (χ1) is 19.5. The Bertz CT molecular complexity index is 1250. The fraction of sp³-hybridized carbons (Fsp3) is 0.333. The van der Waals surface area contributed by atoms with Crippen LogP contribution in [0.2, 0.25) is 0 Å². The smallest absolute Gasteiger partial charge is 0.407 e. The van der Waals surface area contributed by atoms with E-state index in [-0.39, 0.29) is 13.0 Å². The van der Waals surface area contributed by atoms with Gasteiger partial charge in [0.05, 0.1) is 12.6 Å². The SMILES string of the molecule is CCCCOC(=O)N[C@@H](Cc1ccc(Oc2ccc(Nc3ccccn3)cc2)cc1)C(=O)NC(=O)[C@@H]1CCCN1. The van der Waals surface area contributed by atoms with Gasteiger partial charge in [-0.2, -0.15) is 0 Å². The van der Waals surface area contributed by atoms with Crippen LogP contribution < -0.4 is 26.0 Å². The second-order valence-electron chi connectivity index (χ2n) is 9.50. The summed E-state index contributed by atoms with van der Waals surface area (Å²) in [4.78, 5) is 42.0. The van der Waals surface area contributed by atoms with Crippen molar-refractivity contribution in [1.29, 1.82) is 0 Å². The molecule has 1 aliphatic rings. The molecule has 4 rings (SSSR count). The molecule has 3 amide bonds. The Hall–Kier alpha value is -4.44. The van der Waals surface area contributed by atoms with Crippen LogP contribution in [0.3, 0.4) is 0 Å². The summed E-state index contributed by atoms with van der Waals surface area (Å²) < 4.78 is 11.1. The fourth-order valence-corrected chi connectivity index (χ4v) is 4.16. The number of rotatable bonds is 12. The number of hydrogen-bond donors (Lipinski definition) is 4. The molecule has 0 spiro atoms. The molecule has 210 valence electrons. The maximum absolute atomic E-state index is 13.0. The summed E-state index contributed by atoms with van der Waals surface area (Å²) in [6, 6.07) is 19.0. The quantitative estimate of drug-likeness (QED) is 0.246. The van der Waals surface area contributed by atoms with E-state index in [1.54, 1.807) is 18.3 Å². The van der Waals surface area contributed by atoms with E-state index in [0.29, 0.717) is 17.9 Å². The zero-order valence-corrected chi connectivity index (χ0v) is 22.5. The van der Waals surface area contributed by atoms with Crippen molar-refractivity contribution in [2.24, 2.45) is 0 Å². The summed E-state index contributed by atoms with van der Waals surface area (Å²) in [5.74, 6) is 1.06. The van der Waals surface area contributed by atoms with Crippen LogP contribution in [0.1, 0.15) is 38.2 Å². The van der Waals surface area contributed by atoms with Crippen LogP contribution in [0, 0.1) is 0 Å². The van der Waals surface area contributed by atoms with Crippen LogP contribution in [-0.2, 0) is 20.7 Å². The fourth-order valence-electron chi connectivity index (χ4n) is 4.16. The maximum Gasteiger partial charge on any atom is 0.407 e. The molecular weight excluding hydrogens is 510 g/mol. The number of pyridine rings is 1. The molecule has 2 atom stereocenters. The molecule has 0 radical (unpaired) electrons. The molecule has 40 heavy (non-hydrogen) atoms. The van der Waals surface area contributed by atoms with E-state index in [4.69, 9.17) is 9.47 Å². The number of amides is 3. The zero-order chi connectivity index (χ0) is 28.2. The molecule has 4 N–H and O–H groups in total. The van der Waals surface area contributed by atoms with Crippen molar-refractivity contribution >= 4 is 29.4 Å². The summed E-state index contributed by atoms with van der Waals surface area (Å²) >= 11 is 0. The lowest BCUT2D eigenvalue weighted by atomic mass is 10.0. The van der Waals surface area contributed by atoms with Gasteiger partial charge in [0.2, 0.25) is 11.8 Å². The summed E-state index contributed by atoms with van der Waals surface area (Å²) in [5.41, 5.74) is 1.66. The van der Waals surface area contributed by atoms with E-state index in [9.17, 15) is 14.4 Å². The number of alkyl carbamates (subject to hydrolysis) is 1. The number of anilines is 2. The van der Waals surface area contributed by atoms with Gasteiger partial charge in [-0.15, -0.1) is 0 Å². The number of imide groups is 1. The maximum atomic E-state index is 13.0. The average Bonchev–Trinajstić information content (AvgIpc) is 3.51. The van der Waals surface area contributed by atoms with E-state index < -0.39 is 30.0 Å². The van der Waals surface area contributed by atoms with Gasteiger partial charge in [0.1, 0.15) is 23.4 Å². The molecule has 0 unspecified atom stereocenters. The second-order valence-corrected chi connectivity index (χ2v) is 9.50. The number of carbonyl (C=O) groups is 3. The lowest BCUT2D eigenvalue weighted by Crippen LogP contribution is -2.52. The van der Waals surface area contributed by atoms with Crippen LogP contribution in [0.25, 0.3) is 0 Å². The van der Waals surface area contributed by atoms with Gasteiger partial charge in [0, 0.05) is 18.3 Å². The van der Waals surface area contributed by atoms with Gasteiger partial charge < -0.3 is 25.4 Å². The minimum absolute atomic E-state index is 0.175. The monoisotopic (exact) mass is 545 g/mol. The molecule has 2 aromatic carbocycles. The van der Waals surface area contributed by atoms with Gasteiger partial charge in [0.15, 0.2) is 0 Å². The van der Waals surface area contributed by atoms with Crippen LogP contribution in [0.4, 0.5) is 16.3 Å². The van der Waals surface area contributed by atoms with E-state index in [2.05, 4.69) is 26.3 Å². The first-order valence-corrected chi connectivity index (χ1v) is 13.6. The number of carbonyl (C=O) groups excluding carboxylic acids is 3. The number of aromatic nitrogens is 1. The summed E-state index contributed by atoms with van der Waals surface area (Å²) in [6.45, 7) is 2.98. The van der Waals surface area contributed by atoms with Gasteiger partial charge in [-0.25, -0.2) is 9.78 Å². The van der Waals surface area contributed by atoms with Gasteiger partial charge in [-0.3, -0.25) is 14.9 Å². The third kappa shape index (κ3) is 8.81. The van der Waals surface area contributed by atoms with E-state index in [1.807, 2.05) is 61.5 Å². The number of ether oxygens (including phenoxy) is 2. The van der Waals surface area contributed by atoms with Crippen LogP contribution in [0.5, 0.6) is 11.5 Å². The van der Waals surface area contributed by atoms with Crippen LogP contribution >= 0.6 is 0 Å². The van der Waals surface area contributed by atoms with E-state index in [1.165, 1.54) is 0 Å².